The lowest BCUT2D eigenvalue weighted by Crippen LogP contribution is -2.24. The number of ether oxygens (including phenoxy) is 2. The number of methoxy groups -OCH3 is 2. The number of hydrogen-bond acceptors (Lipinski definition) is 4. The van der Waals surface area contributed by atoms with E-state index in [1.807, 2.05) is 13.0 Å². The van der Waals surface area contributed by atoms with Crippen molar-refractivity contribution in [1.29, 1.82) is 0 Å². The molecular weight excluding hydrogens is 400 g/mol. The summed E-state index contributed by atoms with van der Waals surface area (Å²) in [5.74, 6) is 0.612. The predicted octanol–water partition coefficient (Wildman–Crippen LogP) is 3.15. The van der Waals surface area contributed by atoms with Gasteiger partial charge in [-0.15, -0.1) is 0 Å². The average Bonchev–Trinajstić information content (AvgIpc) is 2.66. The van der Waals surface area contributed by atoms with Crippen LogP contribution in [0.3, 0.4) is 0 Å². The van der Waals surface area contributed by atoms with Crippen molar-refractivity contribution in [2.45, 2.75) is 13.5 Å². The van der Waals surface area contributed by atoms with Crippen LogP contribution in [0.25, 0.3) is 0 Å². The molecule has 138 valence electrons. The minimum atomic E-state index is -0.266. The zero-order chi connectivity index (χ0) is 19.1. The van der Waals surface area contributed by atoms with Gasteiger partial charge in [0, 0.05) is 24.2 Å². The Morgan fingerprint density at radius 3 is 2.15 bits per heavy atom. The minimum Gasteiger partial charge on any atom is -0.495 e. The lowest BCUT2D eigenvalue weighted by molar-refractivity contribution is 0.0946. The molecule has 0 atom stereocenters. The van der Waals surface area contributed by atoms with Crippen molar-refractivity contribution in [3.05, 3.63) is 57.6 Å². The Morgan fingerprint density at radius 2 is 1.58 bits per heavy atom. The van der Waals surface area contributed by atoms with E-state index in [-0.39, 0.29) is 11.8 Å². The Morgan fingerprint density at radius 1 is 0.962 bits per heavy atom. The van der Waals surface area contributed by atoms with Gasteiger partial charge in [0.1, 0.15) is 16.0 Å². The second-order valence-corrected chi connectivity index (χ2v) is 6.23. The first-order chi connectivity index (χ1) is 12.5. The Kier molecular flexibility index (Phi) is 7.03. The highest BCUT2D eigenvalue weighted by atomic mass is 79.9. The summed E-state index contributed by atoms with van der Waals surface area (Å²) in [6, 6.07) is 10.4. The van der Waals surface area contributed by atoms with Gasteiger partial charge in [0.15, 0.2) is 0 Å². The fourth-order valence-corrected chi connectivity index (χ4v) is 2.92. The smallest absolute Gasteiger partial charge is 0.251 e. The highest BCUT2D eigenvalue weighted by Crippen LogP contribution is 2.35. The molecule has 6 nitrogen and oxygen atoms in total. The summed E-state index contributed by atoms with van der Waals surface area (Å²) in [5.41, 5.74) is 1.81. The Labute approximate surface area is 161 Å². The second kappa shape index (κ2) is 9.24. The van der Waals surface area contributed by atoms with Gasteiger partial charge in [0.05, 0.1) is 14.2 Å². The van der Waals surface area contributed by atoms with Crippen molar-refractivity contribution >= 4 is 27.7 Å². The molecule has 26 heavy (non-hydrogen) atoms. The predicted molar refractivity (Wildman–Crippen MR) is 103 cm³/mol. The maximum absolute atomic E-state index is 12.5. The molecule has 2 amide bonds. The Hall–Kier alpha value is -2.54. The number of amides is 2. The first-order valence-corrected chi connectivity index (χ1v) is 8.86. The van der Waals surface area contributed by atoms with Crippen LogP contribution in [0.1, 0.15) is 33.2 Å². The monoisotopic (exact) mass is 420 g/mol. The summed E-state index contributed by atoms with van der Waals surface area (Å²) in [6.07, 6.45) is 0. The SMILES string of the molecule is CCNC(=O)c1cccc(CNC(=O)c2cc(OC)c(Br)c(OC)c2)c1. The zero-order valence-corrected chi connectivity index (χ0v) is 16.5. The molecule has 0 unspecified atom stereocenters. The van der Waals surface area contributed by atoms with Crippen molar-refractivity contribution < 1.29 is 19.1 Å². The average molecular weight is 421 g/mol. The highest BCUT2D eigenvalue weighted by molar-refractivity contribution is 9.10. The number of nitrogens with one attached hydrogen (secondary N) is 2. The maximum atomic E-state index is 12.5. The van der Waals surface area contributed by atoms with Gasteiger partial charge in [0.2, 0.25) is 0 Å². The van der Waals surface area contributed by atoms with Crippen LogP contribution in [-0.2, 0) is 6.54 Å². The summed E-state index contributed by atoms with van der Waals surface area (Å²) < 4.78 is 11.2. The van der Waals surface area contributed by atoms with Gasteiger partial charge < -0.3 is 20.1 Å². The number of rotatable bonds is 7. The Bertz CT molecular complexity index is 783. The highest BCUT2D eigenvalue weighted by Gasteiger charge is 2.14. The molecule has 2 aromatic rings. The third-order valence-corrected chi connectivity index (χ3v) is 4.47. The van der Waals surface area contributed by atoms with Crippen LogP contribution in [0.15, 0.2) is 40.9 Å². The molecule has 2 aromatic carbocycles. The molecule has 0 saturated heterocycles. The van der Waals surface area contributed by atoms with E-state index in [9.17, 15) is 9.59 Å². The molecule has 0 spiro atoms. The Balaban J connectivity index is 2.12. The van der Waals surface area contributed by atoms with Crippen molar-refractivity contribution in [2.24, 2.45) is 0 Å². The molecule has 2 N–H and O–H groups in total. The van der Waals surface area contributed by atoms with Crippen LogP contribution < -0.4 is 20.1 Å². The van der Waals surface area contributed by atoms with Crippen LogP contribution in [0.4, 0.5) is 0 Å². The van der Waals surface area contributed by atoms with E-state index in [4.69, 9.17) is 9.47 Å². The molecule has 0 fully saturated rings. The van der Waals surface area contributed by atoms with Crippen LogP contribution >= 0.6 is 15.9 Å². The molecule has 0 aliphatic carbocycles. The largest absolute Gasteiger partial charge is 0.495 e. The molecule has 0 radical (unpaired) electrons. The van der Waals surface area contributed by atoms with E-state index < -0.39 is 0 Å². The summed E-state index contributed by atoms with van der Waals surface area (Å²) in [6.45, 7) is 2.72. The molecule has 0 bridgehead atoms. The van der Waals surface area contributed by atoms with Crippen LogP contribution in [0.2, 0.25) is 0 Å². The molecule has 2 rings (SSSR count). The first-order valence-electron chi connectivity index (χ1n) is 8.07. The normalized spacial score (nSPS) is 10.2. The number of carbonyl (C=O) groups excluding carboxylic acids is 2. The van der Waals surface area contributed by atoms with Gasteiger partial charge in [0.25, 0.3) is 11.8 Å². The van der Waals surface area contributed by atoms with E-state index in [0.29, 0.717) is 40.2 Å². The van der Waals surface area contributed by atoms with Gasteiger partial charge in [-0.3, -0.25) is 9.59 Å². The minimum absolute atomic E-state index is 0.136. The van der Waals surface area contributed by atoms with Gasteiger partial charge in [-0.1, -0.05) is 12.1 Å². The fraction of sp³-hybridized carbons (Fsp3) is 0.263. The van der Waals surface area contributed by atoms with Crippen molar-refractivity contribution in [3.8, 4) is 11.5 Å². The van der Waals surface area contributed by atoms with E-state index in [1.54, 1.807) is 30.3 Å². The fourth-order valence-electron chi connectivity index (χ4n) is 2.37. The van der Waals surface area contributed by atoms with Gasteiger partial charge in [-0.05, 0) is 52.7 Å². The van der Waals surface area contributed by atoms with Gasteiger partial charge in [-0.2, -0.15) is 0 Å². The lowest BCUT2D eigenvalue weighted by atomic mass is 10.1. The van der Waals surface area contributed by atoms with Crippen molar-refractivity contribution in [3.63, 3.8) is 0 Å². The molecule has 0 aliphatic heterocycles. The van der Waals surface area contributed by atoms with E-state index in [1.165, 1.54) is 14.2 Å². The molecular formula is C19H21BrN2O4. The van der Waals surface area contributed by atoms with Gasteiger partial charge in [-0.25, -0.2) is 0 Å². The molecule has 0 aromatic heterocycles. The molecule has 0 saturated carbocycles. The zero-order valence-electron chi connectivity index (χ0n) is 14.9. The summed E-state index contributed by atoms with van der Waals surface area (Å²) in [7, 11) is 3.04. The molecule has 0 aliphatic rings. The van der Waals surface area contributed by atoms with Crippen LogP contribution in [0.5, 0.6) is 11.5 Å². The maximum Gasteiger partial charge on any atom is 0.251 e. The van der Waals surface area contributed by atoms with Gasteiger partial charge >= 0.3 is 0 Å². The second-order valence-electron chi connectivity index (χ2n) is 5.44. The van der Waals surface area contributed by atoms with E-state index in [2.05, 4.69) is 26.6 Å². The topological polar surface area (TPSA) is 76.7 Å². The third-order valence-electron chi connectivity index (χ3n) is 3.69. The number of carbonyl (C=O) groups is 2. The van der Waals surface area contributed by atoms with Crippen LogP contribution in [-0.4, -0.2) is 32.6 Å². The number of benzene rings is 2. The van der Waals surface area contributed by atoms with Crippen LogP contribution in [0, 0.1) is 0 Å². The van der Waals surface area contributed by atoms with Crippen molar-refractivity contribution in [1.82, 2.24) is 10.6 Å². The standard InChI is InChI=1S/C19H21BrN2O4/c1-4-21-18(23)13-7-5-6-12(8-13)11-22-19(24)14-9-15(25-2)17(20)16(10-14)26-3/h5-10H,4,11H2,1-3H3,(H,21,23)(H,22,24). The van der Waals surface area contributed by atoms with E-state index >= 15 is 0 Å². The molecule has 7 heteroatoms. The number of hydrogen-bond donors (Lipinski definition) is 2. The molecule has 0 heterocycles. The number of halogens is 1. The quantitative estimate of drug-likeness (QED) is 0.720. The summed E-state index contributed by atoms with van der Waals surface area (Å²) >= 11 is 3.38. The first kappa shape index (κ1) is 19.8. The van der Waals surface area contributed by atoms with E-state index in [0.717, 1.165) is 5.56 Å². The third kappa shape index (κ3) is 4.76. The van der Waals surface area contributed by atoms with Crippen molar-refractivity contribution in [2.75, 3.05) is 20.8 Å². The summed E-state index contributed by atoms with van der Waals surface area (Å²) in [4.78, 5) is 24.4. The summed E-state index contributed by atoms with van der Waals surface area (Å²) in [5, 5.41) is 5.59. The lowest BCUT2D eigenvalue weighted by Gasteiger charge is -2.12.